The smallest absolute Gasteiger partial charge is 0.254 e. The SMILES string of the molecule is Cc1cc(C(C)(C)N2C=CN(c3c[n+](C(C)C)c(C)n3C)[C@H]2C)n(C)n1. The molecule has 0 amide bonds. The molecule has 0 N–H and O–H groups in total. The van der Waals surface area contributed by atoms with E-state index in [4.69, 9.17) is 0 Å². The summed E-state index contributed by atoms with van der Waals surface area (Å²) in [6, 6.07) is 2.63. The van der Waals surface area contributed by atoms with Gasteiger partial charge in [0.1, 0.15) is 6.17 Å². The van der Waals surface area contributed by atoms with Crippen LogP contribution in [0.15, 0.2) is 24.7 Å². The van der Waals surface area contributed by atoms with Gasteiger partial charge in [-0.3, -0.25) is 9.58 Å². The zero-order valence-corrected chi connectivity index (χ0v) is 17.6. The number of hydrogen-bond acceptors (Lipinski definition) is 3. The molecular weight excluding hydrogens is 324 g/mol. The highest BCUT2D eigenvalue weighted by molar-refractivity contribution is 5.44. The first kappa shape index (κ1) is 18.5. The van der Waals surface area contributed by atoms with Crippen LogP contribution in [0.25, 0.3) is 0 Å². The van der Waals surface area contributed by atoms with Crippen molar-refractivity contribution in [3.8, 4) is 0 Å². The van der Waals surface area contributed by atoms with E-state index in [-0.39, 0.29) is 11.7 Å². The second kappa shape index (κ2) is 6.18. The van der Waals surface area contributed by atoms with Crippen LogP contribution < -0.4 is 9.47 Å². The van der Waals surface area contributed by atoms with Crippen molar-refractivity contribution in [1.29, 1.82) is 0 Å². The molecule has 0 saturated carbocycles. The molecule has 0 fully saturated rings. The highest BCUT2D eigenvalue weighted by Crippen LogP contribution is 2.36. The van der Waals surface area contributed by atoms with Crippen LogP contribution in [0.4, 0.5) is 5.82 Å². The maximum atomic E-state index is 4.54. The molecule has 3 rings (SSSR count). The van der Waals surface area contributed by atoms with Gasteiger partial charge in [-0.2, -0.15) is 5.10 Å². The third-order valence-electron chi connectivity index (χ3n) is 5.75. The van der Waals surface area contributed by atoms with Crippen molar-refractivity contribution < 1.29 is 4.57 Å². The molecule has 0 spiro atoms. The maximum Gasteiger partial charge on any atom is 0.254 e. The highest BCUT2D eigenvalue weighted by Gasteiger charge is 2.39. The zero-order chi connectivity index (χ0) is 19.4. The van der Waals surface area contributed by atoms with Crippen molar-refractivity contribution in [2.24, 2.45) is 14.1 Å². The lowest BCUT2D eigenvalue weighted by Crippen LogP contribution is -2.47. The molecule has 6 heteroatoms. The first-order chi connectivity index (χ1) is 12.1. The van der Waals surface area contributed by atoms with Gasteiger partial charge in [0.2, 0.25) is 5.82 Å². The first-order valence-corrected chi connectivity index (χ1v) is 9.39. The standard InChI is InChI=1S/C20H33N6/c1-14(2)25-13-19(22(8)16(25)4)24-10-11-26(17(24)5)20(6,7)18-12-15(3)21-23(18)9/h10-14,17H,1-9H3/q+1/t17-/m1/s1. The minimum absolute atomic E-state index is 0.158. The van der Waals surface area contributed by atoms with Gasteiger partial charge in [-0.25, -0.2) is 9.13 Å². The Morgan fingerprint density at radius 2 is 1.81 bits per heavy atom. The highest BCUT2D eigenvalue weighted by atomic mass is 15.5. The van der Waals surface area contributed by atoms with Gasteiger partial charge in [0.15, 0.2) is 6.20 Å². The van der Waals surface area contributed by atoms with E-state index in [1.807, 2.05) is 18.7 Å². The summed E-state index contributed by atoms with van der Waals surface area (Å²) >= 11 is 0. The van der Waals surface area contributed by atoms with Gasteiger partial charge in [0.25, 0.3) is 5.82 Å². The zero-order valence-electron chi connectivity index (χ0n) is 17.6. The molecule has 1 aliphatic heterocycles. The maximum absolute atomic E-state index is 4.54. The van der Waals surface area contributed by atoms with Gasteiger partial charge >= 0.3 is 0 Å². The summed E-state index contributed by atoms with van der Waals surface area (Å²) in [4.78, 5) is 4.75. The quantitative estimate of drug-likeness (QED) is 0.788. The molecule has 0 aromatic carbocycles. The molecule has 0 saturated heterocycles. The van der Waals surface area contributed by atoms with Gasteiger partial charge in [0.05, 0.1) is 30.0 Å². The second-order valence-electron chi connectivity index (χ2n) is 8.19. The number of rotatable bonds is 4. The molecule has 0 unspecified atom stereocenters. The third kappa shape index (κ3) is 2.72. The molecule has 3 heterocycles. The fourth-order valence-corrected chi connectivity index (χ4v) is 4.17. The molecule has 6 nitrogen and oxygen atoms in total. The van der Waals surface area contributed by atoms with Crippen molar-refractivity contribution in [1.82, 2.24) is 19.2 Å². The largest absolute Gasteiger partial charge is 0.345 e. The Bertz CT molecular complexity index is 839. The predicted molar refractivity (Wildman–Crippen MR) is 105 cm³/mol. The van der Waals surface area contributed by atoms with Crippen LogP contribution in [0.5, 0.6) is 0 Å². The van der Waals surface area contributed by atoms with Crippen LogP contribution in [0.1, 0.15) is 57.9 Å². The summed E-state index contributed by atoms with van der Waals surface area (Å²) in [6.45, 7) is 15.4. The average molecular weight is 358 g/mol. The normalized spacial score (nSPS) is 17.8. The van der Waals surface area contributed by atoms with Crippen molar-refractivity contribution in [3.05, 3.63) is 41.9 Å². The van der Waals surface area contributed by atoms with Crippen LogP contribution in [0, 0.1) is 13.8 Å². The first-order valence-electron chi connectivity index (χ1n) is 9.39. The van der Waals surface area contributed by atoms with E-state index in [2.05, 4.69) is 97.3 Å². The van der Waals surface area contributed by atoms with Crippen molar-refractivity contribution >= 4 is 5.82 Å². The molecule has 1 atom stereocenters. The summed E-state index contributed by atoms with van der Waals surface area (Å²) in [7, 11) is 4.17. The Morgan fingerprint density at radius 1 is 1.15 bits per heavy atom. The van der Waals surface area contributed by atoms with E-state index in [0.717, 1.165) is 5.69 Å². The monoisotopic (exact) mass is 357 g/mol. The van der Waals surface area contributed by atoms with E-state index >= 15 is 0 Å². The van der Waals surface area contributed by atoms with Crippen molar-refractivity contribution in [2.75, 3.05) is 4.90 Å². The van der Waals surface area contributed by atoms with Crippen LogP contribution in [-0.4, -0.2) is 25.4 Å². The minimum atomic E-state index is -0.158. The lowest BCUT2D eigenvalue weighted by molar-refractivity contribution is -0.721. The number of anilines is 1. The molecule has 2 aromatic rings. The Morgan fingerprint density at radius 3 is 2.31 bits per heavy atom. The Balaban J connectivity index is 1.94. The van der Waals surface area contributed by atoms with Crippen LogP contribution in [-0.2, 0) is 19.6 Å². The van der Waals surface area contributed by atoms with Crippen molar-refractivity contribution in [3.63, 3.8) is 0 Å². The fourth-order valence-electron chi connectivity index (χ4n) is 4.17. The Hall–Kier alpha value is -2.24. The third-order valence-corrected chi connectivity index (χ3v) is 5.75. The molecule has 2 aromatic heterocycles. The summed E-state index contributed by atoms with van der Waals surface area (Å²) < 4.78 is 6.59. The number of imidazole rings is 1. The lowest BCUT2D eigenvalue weighted by Gasteiger charge is -2.40. The number of aromatic nitrogens is 4. The molecule has 142 valence electrons. The van der Waals surface area contributed by atoms with E-state index in [1.165, 1.54) is 17.3 Å². The van der Waals surface area contributed by atoms with Gasteiger partial charge in [-0.05, 0) is 47.6 Å². The van der Waals surface area contributed by atoms with Gasteiger partial charge in [-0.1, -0.05) is 0 Å². The fraction of sp³-hybridized carbons (Fsp3) is 0.600. The van der Waals surface area contributed by atoms with Gasteiger partial charge < -0.3 is 4.90 Å². The topological polar surface area (TPSA) is 33.1 Å². The Kier molecular flexibility index (Phi) is 4.41. The Labute approximate surface area is 157 Å². The number of nitrogens with zero attached hydrogens (tertiary/aromatic N) is 6. The van der Waals surface area contributed by atoms with E-state index in [0.29, 0.717) is 6.04 Å². The van der Waals surface area contributed by atoms with Crippen LogP contribution in [0.2, 0.25) is 0 Å². The number of aryl methyl sites for hydroxylation is 2. The molecule has 0 aliphatic carbocycles. The summed E-state index contributed by atoms with van der Waals surface area (Å²) in [6.07, 6.45) is 6.87. The summed E-state index contributed by atoms with van der Waals surface area (Å²) in [5.74, 6) is 2.47. The van der Waals surface area contributed by atoms with Gasteiger partial charge in [-0.15, -0.1) is 0 Å². The molecule has 0 bridgehead atoms. The summed E-state index contributed by atoms with van der Waals surface area (Å²) in [5, 5.41) is 4.54. The molecular formula is C20H33N6+. The predicted octanol–water partition coefficient (Wildman–Crippen LogP) is 3.12. The van der Waals surface area contributed by atoms with Crippen molar-refractivity contribution in [2.45, 2.75) is 66.2 Å². The molecule has 0 radical (unpaired) electrons. The lowest BCUT2D eigenvalue weighted by atomic mass is 9.97. The van der Waals surface area contributed by atoms with E-state index in [9.17, 15) is 0 Å². The van der Waals surface area contributed by atoms with Gasteiger partial charge in [0, 0.05) is 26.4 Å². The number of hydrogen-bond donors (Lipinski definition) is 0. The van der Waals surface area contributed by atoms with E-state index in [1.54, 1.807) is 0 Å². The molecule has 26 heavy (non-hydrogen) atoms. The van der Waals surface area contributed by atoms with E-state index < -0.39 is 0 Å². The summed E-state index contributed by atoms with van der Waals surface area (Å²) in [5.41, 5.74) is 2.11. The minimum Gasteiger partial charge on any atom is -0.345 e. The second-order valence-corrected chi connectivity index (χ2v) is 8.19. The molecule has 1 aliphatic rings. The average Bonchev–Trinajstić information content (AvgIpc) is 3.17. The van der Waals surface area contributed by atoms with Crippen LogP contribution >= 0.6 is 0 Å². The van der Waals surface area contributed by atoms with Crippen LogP contribution in [0.3, 0.4) is 0 Å².